The summed E-state index contributed by atoms with van der Waals surface area (Å²) in [6.45, 7) is 4.56. The predicted molar refractivity (Wildman–Crippen MR) is 97.1 cm³/mol. The van der Waals surface area contributed by atoms with Crippen molar-refractivity contribution in [3.8, 4) is 0 Å². The van der Waals surface area contributed by atoms with Crippen LogP contribution in [0.5, 0.6) is 0 Å². The number of nitrogens with one attached hydrogen (secondary N) is 2. The first-order valence-electron chi connectivity index (χ1n) is 9.88. The molecule has 2 aliphatic carbocycles. The summed E-state index contributed by atoms with van der Waals surface area (Å²) < 4.78 is 5.24. The minimum absolute atomic E-state index is 0.0225. The fourth-order valence-electron chi connectivity index (χ4n) is 4.40. The number of hydrogen-bond acceptors (Lipinski definition) is 4. The summed E-state index contributed by atoms with van der Waals surface area (Å²) in [6, 6.07) is 0. The number of esters is 1. The van der Waals surface area contributed by atoms with Crippen LogP contribution in [0.2, 0.25) is 0 Å². The Balaban J connectivity index is 1.87. The third-order valence-electron chi connectivity index (χ3n) is 6.25. The van der Waals surface area contributed by atoms with Crippen LogP contribution in [-0.2, 0) is 19.1 Å². The smallest absolute Gasteiger partial charge is 0.332 e. The number of fused-ring (bicyclic) bond motifs is 2. The zero-order valence-corrected chi connectivity index (χ0v) is 15.8. The van der Waals surface area contributed by atoms with Crippen LogP contribution >= 0.6 is 0 Å². The van der Waals surface area contributed by atoms with E-state index in [1.807, 2.05) is 13.0 Å². The topological polar surface area (TPSA) is 84.5 Å². The first kappa shape index (κ1) is 18.9. The number of amides is 2. The summed E-state index contributed by atoms with van der Waals surface area (Å²) in [5.74, 6) is -0.956. The van der Waals surface area contributed by atoms with Crippen molar-refractivity contribution in [1.82, 2.24) is 10.6 Å². The van der Waals surface area contributed by atoms with Gasteiger partial charge >= 0.3 is 5.97 Å². The Bertz CT molecular complexity index is 617. The standard InChI is InChI=1S/C20H30N2O4/c1-3-26-18(25)20-13-14(20)9-6-4-5-7-12-21-16(23)15-10-8-11-19(15,2)17(24)22-20/h6,9,14-15H,3-5,7-8,10-13H2,1-2H3,(H,21,23)(H,22,24)/b9-6-. The maximum atomic E-state index is 13.2. The molecule has 0 aromatic rings. The number of rotatable bonds is 2. The van der Waals surface area contributed by atoms with Crippen molar-refractivity contribution in [1.29, 1.82) is 0 Å². The molecule has 0 aromatic carbocycles. The molecule has 3 aliphatic rings. The third-order valence-corrected chi connectivity index (χ3v) is 6.25. The van der Waals surface area contributed by atoms with Gasteiger partial charge in [0.25, 0.3) is 0 Å². The Morgan fingerprint density at radius 3 is 2.88 bits per heavy atom. The average molecular weight is 362 g/mol. The third kappa shape index (κ3) is 3.38. The lowest BCUT2D eigenvalue weighted by molar-refractivity contribution is -0.151. The normalized spacial score (nSPS) is 38.8. The molecule has 2 saturated carbocycles. The Labute approximate surface area is 155 Å². The summed E-state index contributed by atoms with van der Waals surface area (Å²) in [6.07, 6.45) is 9.71. The van der Waals surface area contributed by atoms with Crippen LogP contribution in [0.15, 0.2) is 12.2 Å². The summed E-state index contributed by atoms with van der Waals surface area (Å²) in [4.78, 5) is 38.3. The van der Waals surface area contributed by atoms with Crippen LogP contribution in [0.1, 0.15) is 58.8 Å². The SMILES string of the molecule is CCOC(=O)C12CC1/C=C\CCCCNC(=O)C1CCCC1(C)C(=O)N2. The highest BCUT2D eigenvalue weighted by Crippen LogP contribution is 2.49. The molecule has 0 saturated heterocycles. The number of allylic oxidation sites excluding steroid dienone is 1. The molecule has 2 fully saturated rings. The second-order valence-corrected chi connectivity index (χ2v) is 8.03. The Morgan fingerprint density at radius 2 is 2.12 bits per heavy atom. The Hall–Kier alpha value is -1.85. The number of carbonyl (C=O) groups is 3. The van der Waals surface area contributed by atoms with E-state index in [1.165, 1.54) is 0 Å². The molecule has 6 nitrogen and oxygen atoms in total. The molecule has 2 amide bonds. The molecule has 4 atom stereocenters. The van der Waals surface area contributed by atoms with Crippen LogP contribution in [0.25, 0.3) is 0 Å². The highest BCUT2D eigenvalue weighted by atomic mass is 16.5. The van der Waals surface area contributed by atoms with E-state index < -0.39 is 11.0 Å². The lowest BCUT2D eigenvalue weighted by Gasteiger charge is -2.31. The molecule has 0 bridgehead atoms. The van der Waals surface area contributed by atoms with E-state index in [0.717, 1.165) is 25.7 Å². The van der Waals surface area contributed by atoms with Crippen molar-refractivity contribution in [3.05, 3.63) is 12.2 Å². The van der Waals surface area contributed by atoms with E-state index in [1.54, 1.807) is 6.92 Å². The Kier molecular flexibility index (Phi) is 5.39. The average Bonchev–Trinajstić information content (AvgIpc) is 3.15. The van der Waals surface area contributed by atoms with E-state index in [9.17, 15) is 14.4 Å². The first-order valence-corrected chi connectivity index (χ1v) is 9.88. The largest absolute Gasteiger partial charge is 0.464 e. The molecule has 0 spiro atoms. The molecular weight excluding hydrogens is 332 g/mol. The molecule has 1 aliphatic heterocycles. The van der Waals surface area contributed by atoms with Gasteiger partial charge < -0.3 is 15.4 Å². The molecule has 1 heterocycles. The Morgan fingerprint density at radius 1 is 1.31 bits per heavy atom. The summed E-state index contributed by atoms with van der Waals surface area (Å²) in [5.41, 5.74) is -1.73. The van der Waals surface area contributed by atoms with E-state index in [0.29, 0.717) is 25.8 Å². The van der Waals surface area contributed by atoms with E-state index in [4.69, 9.17) is 4.74 Å². The molecule has 0 radical (unpaired) electrons. The van der Waals surface area contributed by atoms with E-state index in [2.05, 4.69) is 16.7 Å². The van der Waals surface area contributed by atoms with E-state index >= 15 is 0 Å². The molecule has 2 N–H and O–H groups in total. The lowest BCUT2D eigenvalue weighted by atomic mass is 9.78. The van der Waals surface area contributed by atoms with Gasteiger partial charge in [-0.1, -0.05) is 18.6 Å². The molecule has 3 rings (SSSR count). The van der Waals surface area contributed by atoms with Crippen LogP contribution in [-0.4, -0.2) is 36.5 Å². The number of hydrogen-bond donors (Lipinski definition) is 2. The van der Waals surface area contributed by atoms with Crippen LogP contribution in [0.3, 0.4) is 0 Å². The molecule has 4 unspecified atom stereocenters. The summed E-state index contributed by atoms with van der Waals surface area (Å²) in [5, 5.41) is 5.99. The summed E-state index contributed by atoms with van der Waals surface area (Å²) >= 11 is 0. The van der Waals surface area contributed by atoms with Crippen molar-refractivity contribution >= 4 is 17.8 Å². The van der Waals surface area contributed by atoms with Crippen molar-refractivity contribution < 1.29 is 19.1 Å². The van der Waals surface area contributed by atoms with Gasteiger partial charge in [0.15, 0.2) is 0 Å². The van der Waals surface area contributed by atoms with Gasteiger partial charge in [-0.15, -0.1) is 0 Å². The van der Waals surface area contributed by atoms with Gasteiger partial charge in [-0.25, -0.2) is 4.79 Å². The summed E-state index contributed by atoms with van der Waals surface area (Å²) in [7, 11) is 0. The van der Waals surface area contributed by atoms with Gasteiger partial charge in [0.05, 0.1) is 17.9 Å². The maximum absolute atomic E-state index is 13.2. The maximum Gasteiger partial charge on any atom is 0.332 e. The fourth-order valence-corrected chi connectivity index (χ4v) is 4.40. The number of ether oxygens (including phenoxy) is 1. The molecule has 0 aromatic heterocycles. The van der Waals surface area contributed by atoms with Gasteiger partial charge in [0, 0.05) is 12.5 Å². The zero-order chi connectivity index (χ0) is 18.8. The second kappa shape index (κ2) is 7.41. The van der Waals surface area contributed by atoms with Gasteiger partial charge in [-0.3, -0.25) is 9.59 Å². The quantitative estimate of drug-likeness (QED) is 0.582. The zero-order valence-electron chi connectivity index (χ0n) is 15.8. The minimum atomic E-state index is -0.958. The van der Waals surface area contributed by atoms with Crippen molar-refractivity contribution in [2.75, 3.05) is 13.2 Å². The van der Waals surface area contributed by atoms with Crippen LogP contribution < -0.4 is 10.6 Å². The monoisotopic (exact) mass is 362 g/mol. The van der Waals surface area contributed by atoms with Crippen molar-refractivity contribution in [2.45, 2.75) is 64.3 Å². The minimum Gasteiger partial charge on any atom is -0.464 e. The number of carbonyl (C=O) groups excluding carboxylic acids is 3. The van der Waals surface area contributed by atoms with E-state index in [-0.39, 0.29) is 36.2 Å². The van der Waals surface area contributed by atoms with Gasteiger partial charge in [-0.05, 0) is 52.4 Å². The van der Waals surface area contributed by atoms with Crippen molar-refractivity contribution in [3.63, 3.8) is 0 Å². The lowest BCUT2D eigenvalue weighted by Crippen LogP contribution is -2.54. The van der Waals surface area contributed by atoms with Gasteiger partial charge in [0.1, 0.15) is 5.54 Å². The van der Waals surface area contributed by atoms with Gasteiger partial charge in [0.2, 0.25) is 11.8 Å². The molecule has 26 heavy (non-hydrogen) atoms. The predicted octanol–water partition coefficient (Wildman–Crippen LogP) is 2.09. The fraction of sp³-hybridized carbons (Fsp3) is 0.750. The molecular formula is C20H30N2O4. The highest BCUT2D eigenvalue weighted by Gasteiger charge is 2.63. The van der Waals surface area contributed by atoms with Crippen LogP contribution in [0.4, 0.5) is 0 Å². The van der Waals surface area contributed by atoms with Crippen molar-refractivity contribution in [2.24, 2.45) is 17.3 Å². The van der Waals surface area contributed by atoms with Gasteiger partial charge in [-0.2, -0.15) is 0 Å². The molecule has 144 valence electrons. The highest BCUT2D eigenvalue weighted by molar-refractivity contribution is 5.96. The molecule has 6 heteroatoms. The first-order chi connectivity index (χ1) is 12.4. The van der Waals surface area contributed by atoms with Crippen LogP contribution in [0, 0.1) is 17.3 Å². The second-order valence-electron chi connectivity index (χ2n) is 8.03.